The number of rotatable bonds is 2. The highest BCUT2D eigenvalue weighted by Crippen LogP contribution is 2.30. The standard InChI is InChI=1S/C8H16O6/c1-2-8(13)7(12)6(11)5(10)4(3-9)14-8/h4-7,9-13H,2-3H2,1H3/t4-,5+,6+,7-,8?/m1/s1. The lowest BCUT2D eigenvalue weighted by molar-refractivity contribution is -0.349. The predicted octanol–water partition coefficient (Wildman–Crippen LogP) is -2.44. The molecule has 0 aromatic rings. The largest absolute Gasteiger partial charge is 0.394 e. The van der Waals surface area contributed by atoms with E-state index < -0.39 is 36.8 Å². The monoisotopic (exact) mass is 208 g/mol. The number of hydrogen-bond acceptors (Lipinski definition) is 6. The van der Waals surface area contributed by atoms with Gasteiger partial charge in [-0.15, -0.1) is 0 Å². The van der Waals surface area contributed by atoms with Crippen LogP contribution in [0.5, 0.6) is 0 Å². The molecule has 0 radical (unpaired) electrons. The Morgan fingerprint density at radius 2 is 1.79 bits per heavy atom. The molecule has 0 spiro atoms. The van der Waals surface area contributed by atoms with Crippen molar-refractivity contribution in [3.63, 3.8) is 0 Å². The van der Waals surface area contributed by atoms with Gasteiger partial charge in [0.05, 0.1) is 6.61 Å². The van der Waals surface area contributed by atoms with Gasteiger partial charge in [-0.3, -0.25) is 0 Å². The van der Waals surface area contributed by atoms with Crippen LogP contribution in [-0.4, -0.2) is 62.3 Å². The zero-order valence-corrected chi connectivity index (χ0v) is 7.87. The summed E-state index contributed by atoms with van der Waals surface area (Å²) in [7, 11) is 0. The van der Waals surface area contributed by atoms with E-state index in [1.165, 1.54) is 0 Å². The van der Waals surface area contributed by atoms with Crippen molar-refractivity contribution in [2.45, 2.75) is 43.5 Å². The molecule has 84 valence electrons. The maximum atomic E-state index is 9.68. The summed E-state index contributed by atoms with van der Waals surface area (Å²) in [6.07, 6.45) is -5.54. The summed E-state index contributed by atoms with van der Waals surface area (Å²) in [5.74, 6) is -1.91. The van der Waals surface area contributed by atoms with Gasteiger partial charge in [0, 0.05) is 6.42 Å². The first-order valence-corrected chi connectivity index (χ1v) is 4.51. The topological polar surface area (TPSA) is 110 Å². The van der Waals surface area contributed by atoms with Crippen molar-refractivity contribution in [3.05, 3.63) is 0 Å². The molecule has 1 unspecified atom stereocenters. The zero-order chi connectivity index (χ0) is 10.9. The average Bonchev–Trinajstić information content (AvgIpc) is 2.20. The minimum absolute atomic E-state index is 0.0500. The van der Waals surface area contributed by atoms with Gasteiger partial charge < -0.3 is 30.3 Å². The average molecular weight is 208 g/mol. The van der Waals surface area contributed by atoms with Gasteiger partial charge in [0.1, 0.15) is 24.4 Å². The minimum Gasteiger partial charge on any atom is -0.394 e. The third kappa shape index (κ3) is 1.77. The van der Waals surface area contributed by atoms with E-state index in [4.69, 9.17) is 9.84 Å². The summed E-state index contributed by atoms with van der Waals surface area (Å²) in [5, 5.41) is 46.6. The fraction of sp³-hybridized carbons (Fsp3) is 1.00. The first-order valence-electron chi connectivity index (χ1n) is 4.51. The van der Waals surface area contributed by atoms with Gasteiger partial charge in [0.2, 0.25) is 0 Å². The fourth-order valence-electron chi connectivity index (χ4n) is 1.51. The van der Waals surface area contributed by atoms with E-state index >= 15 is 0 Å². The van der Waals surface area contributed by atoms with Gasteiger partial charge in [-0.25, -0.2) is 0 Å². The van der Waals surface area contributed by atoms with Gasteiger partial charge in [-0.05, 0) is 0 Å². The van der Waals surface area contributed by atoms with Crippen molar-refractivity contribution < 1.29 is 30.3 Å². The highest BCUT2D eigenvalue weighted by Gasteiger charge is 2.51. The summed E-state index contributed by atoms with van der Waals surface area (Å²) in [6, 6.07) is 0. The Labute approximate surface area is 81.4 Å². The van der Waals surface area contributed by atoms with Gasteiger partial charge in [-0.2, -0.15) is 0 Å². The smallest absolute Gasteiger partial charge is 0.194 e. The third-order valence-electron chi connectivity index (χ3n) is 2.56. The fourth-order valence-corrected chi connectivity index (χ4v) is 1.51. The van der Waals surface area contributed by atoms with Crippen molar-refractivity contribution in [1.82, 2.24) is 0 Å². The highest BCUT2D eigenvalue weighted by atomic mass is 16.7. The van der Waals surface area contributed by atoms with E-state index in [0.717, 1.165) is 0 Å². The van der Waals surface area contributed by atoms with Gasteiger partial charge >= 0.3 is 0 Å². The van der Waals surface area contributed by atoms with Crippen LogP contribution >= 0.6 is 0 Å². The van der Waals surface area contributed by atoms with Crippen LogP contribution in [0.15, 0.2) is 0 Å². The predicted molar refractivity (Wildman–Crippen MR) is 45.2 cm³/mol. The molecule has 5 N–H and O–H groups in total. The molecule has 1 aliphatic rings. The Kier molecular flexibility index (Phi) is 3.46. The van der Waals surface area contributed by atoms with Crippen LogP contribution in [0.1, 0.15) is 13.3 Å². The number of hydrogen-bond donors (Lipinski definition) is 5. The van der Waals surface area contributed by atoms with E-state index in [9.17, 15) is 20.4 Å². The van der Waals surface area contributed by atoms with Gasteiger partial charge in [0.25, 0.3) is 0 Å². The van der Waals surface area contributed by atoms with Crippen LogP contribution in [0.3, 0.4) is 0 Å². The molecule has 6 nitrogen and oxygen atoms in total. The lowest BCUT2D eigenvalue weighted by Gasteiger charge is -2.45. The third-order valence-corrected chi connectivity index (χ3v) is 2.56. The molecule has 1 fully saturated rings. The molecule has 6 heteroatoms. The van der Waals surface area contributed by atoms with Crippen LogP contribution in [0, 0.1) is 0 Å². The highest BCUT2D eigenvalue weighted by molar-refractivity contribution is 4.95. The molecule has 5 atom stereocenters. The van der Waals surface area contributed by atoms with E-state index in [2.05, 4.69) is 0 Å². The van der Waals surface area contributed by atoms with E-state index in [-0.39, 0.29) is 6.42 Å². The molecular weight excluding hydrogens is 192 g/mol. The Morgan fingerprint density at radius 3 is 2.21 bits per heavy atom. The second-order valence-electron chi connectivity index (χ2n) is 3.46. The summed E-state index contributed by atoms with van der Waals surface area (Å²) in [4.78, 5) is 0. The molecule has 0 saturated carbocycles. The SMILES string of the molecule is CCC1(O)O[C@H](CO)[C@H](O)[C@H](O)[C@H]1O. The van der Waals surface area contributed by atoms with E-state index in [1.54, 1.807) is 6.92 Å². The molecule has 0 amide bonds. The van der Waals surface area contributed by atoms with Crippen molar-refractivity contribution in [2.75, 3.05) is 6.61 Å². The molecule has 1 rings (SSSR count). The van der Waals surface area contributed by atoms with E-state index in [0.29, 0.717) is 0 Å². The quantitative estimate of drug-likeness (QED) is 0.345. The lowest BCUT2D eigenvalue weighted by atomic mass is 9.91. The molecule has 0 aliphatic carbocycles. The minimum atomic E-state index is -1.91. The molecule has 0 aromatic carbocycles. The van der Waals surface area contributed by atoms with Crippen LogP contribution in [0.25, 0.3) is 0 Å². The molecule has 1 saturated heterocycles. The molecule has 14 heavy (non-hydrogen) atoms. The molecule has 1 heterocycles. The molecule has 0 bridgehead atoms. The summed E-state index contributed by atoms with van der Waals surface area (Å²) < 4.78 is 4.91. The van der Waals surface area contributed by atoms with Crippen LogP contribution in [-0.2, 0) is 4.74 Å². The lowest BCUT2D eigenvalue weighted by Crippen LogP contribution is -2.64. The van der Waals surface area contributed by atoms with Crippen LogP contribution in [0.4, 0.5) is 0 Å². The van der Waals surface area contributed by atoms with Gasteiger partial charge in [0.15, 0.2) is 5.79 Å². The van der Waals surface area contributed by atoms with E-state index in [1.807, 2.05) is 0 Å². The summed E-state index contributed by atoms with van der Waals surface area (Å²) >= 11 is 0. The zero-order valence-electron chi connectivity index (χ0n) is 7.87. The van der Waals surface area contributed by atoms with Crippen LogP contribution < -0.4 is 0 Å². The van der Waals surface area contributed by atoms with Crippen LogP contribution in [0.2, 0.25) is 0 Å². The summed E-state index contributed by atoms with van der Waals surface area (Å²) in [6.45, 7) is 1.02. The van der Waals surface area contributed by atoms with Crippen molar-refractivity contribution in [1.29, 1.82) is 0 Å². The van der Waals surface area contributed by atoms with Crippen molar-refractivity contribution in [3.8, 4) is 0 Å². The second-order valence-corrected chi connectivity index (χ2v) is 3.46. The maximum absolute atomic E-state index is 9.68. The Morgan fingerprint density at radius 1 is 1.21 bits per heavy atom. The number of aliphatic hydroxyl groups excluding tert-OH is 4. The Hall–Kier alpha value is -0.240. The Balaban J connectivity index is 2.84. The first-order chi connectivity index (χ1) is 6.46. The second kappa shape index (κ2) is 4.09. The van der Waals surface area contributed by atoms with Crippen molar-refractivity contribution >= 4 is 0 Å². The van der Waals surface area contributed by atoms with Crippen molar-refractivity contribution in [2.24, 2.45) is 0 Å². The first kappa shape index (κ1) is 11.8. The molecule has 1 aliphatic heterocycles. The van der Waals surface area contributed by atoms with Gasteiger partial charge in [-0.1, -0.05) is 6.92 Å². The number of ether oxygens (including phenoxy) is 1. The molecule has 0 aromatic heterocycles. The summed E-state index contributed by atoms with van der Waals surface area (Å²) in [5.41, 5.74) is 0. The normalized spacial score (nSPS) is 49.3. The number of aliphatic hydroxyl groups is 5. The Bertz CT molecular complexity index is 196. The maximum Gasteiger partial charge on any atom is 0.194 e. The molecular formula is C8H16O6.